The van der Waals surface area contributed by atoms with Crippen molar-refractivity contribution in [3.8, 4) is 0 Å². The molecule has 1 saturated heterocycles. The summed E-state index contributed by atoms with van der Waals surface area (Å²) in [6, 6.07) is 7.40. The van der Waals surface area contributed by atoms with E-state index in [4.69, 9.17) is 16.7 Å². The Morgan fingerprint density at radius 2 is 1.90 bits per heavy atom. The lowest BCUT2D eigenvalue weighted by Crippen LogP contribution is -2.50. The average molecular weight is 578 g/mol. The highest BCUT2D eigenvalue weighted by molar-refractivity contribution is 6.30. The summed E-state index contributed by atoms with van der Waals surface area (Å²) >= 11 is 6.38. The largest absolute Gasteiger partial charge is 0.394 e. The summed E-state index contributed by atoms with van der Waals surface area (Å²) in [5.74, 6) is -3.46. The highest BCUT2D eigenvalue weighted by Gasteiger charge is 2.66. The summed E-state index contributed by atoms with van der Waals surface area (Å²) in [6.07, 6.45) is 0.467. The van der Waals surface area contributed by atoms with Gasteiger partial charge in [0.15, 0.2) is 11.6 Å². The monoisotopic (exact) mass is 577 g/mol. The molecule has 0 aromatic heterocycles. The quantitative estimate of drug-likeness (QED) is 0.290. The summed E-state index contributed by atoms with van der Waals surface area (Å²) in [7, 11) is 0. The fourth-order valence-electron chi connectivity index (χ4n) is 6.83. The molecule has 2 aliphatic heterocycles. The second-order valence-corrected chi connectivity index (χ2v) is 12.7. The zero-order valence-electron chi connectivity index (χ0n) is 23.2. The molecule has 2 aliphatic rings. The number of rotatable bonds is 10. The predicted octanol–water partition coefficient (Wildman–Crippen LogP) is 4.25. The van der Waals surface area contributed by atoms with Crippen molar-refractivity contribution in [3.05, 3.63) is 64.2 Å². The molecule has 10 heteroatoms. The van der Waals surface area contributed by atoms with Gasteiger partial charge < -0.3 is 26.2 Å². The number of hydrogen-bond acceptors (Lipinski definition) is 5. The first-order valence-electron chi connectivity index (χ1n) is 13.7. The van der Waals surface area contributed by atoms with Crippen LogP contribution in [0.1, 0.15) is 64.0 Å². The summed E-state index contributed by atoms with van der Waals surface area (Å²) < 4.78 is 29.2. The van der Waals surface area contributed by atoms with E-state index in [-0.39, 0.29) is 24.1 Å². The lowest BCUT2D eigenvalue weighted by molar-refractivity contribution is -0.124. The second kappa shape index (κ2) is 11.7. The maximum Gasteiger partial charge on any atom is 0.237 e. The number of anilines is 1. The van der Waals surface area contributed by atoms with Crippen LogP contribution in [0.2, 0.25) is 5.02 Å². The normalized spacial score (nSPS) is 24.9. The standard InChI is InChI=1S/C30H38ClF2N3O4/c1-16(2)13-29(3,4)14-24-30(20-11-21(32)22(33)12-23(20)35-28(30)40)25(17-6-5-7-18(31)10-17)26(36-24)27(39)34-9-8-19(38)15-37/h5-7,10-12,16,19,24-26,36-38H,8-9,13-15H2,1-4H3,(H,34,39)(H,35,40)/t19-,24+,25-,26+,30-/m0/s1. The molecule has 4 rings (SSSR count). The third-order valence-corrected chi connectivity index (χ3v) is 8.31. The van der Waals surface area contributed by atoms with Crippen molar-refractivity contribution in [3.63, 3.8) is 0 Å². The zero-order valence-corrected chi connectivity index (χ0v) is 24.0. The molecule has 1 spiro atoms. The van der Waals surface area contributed by atoms with E-state index in [0.29, 0.717) is 28.5 Å². The molecule has 2 amide bonds. The molecular weight excluding hydrogens is 540 g/mol. The zero-order chi connectivity index (χ0) is 29.4. The van der Waals surface area contributed by atoms with Crippen LogP contribution in [0.15, 0.2) is 36.4 Å². The van der Waals surface area contributed by atoms with Crippen molar-refractivity contribution >= 4 is 29.1 Å². The third-order valence-electron chi connectivity index (χ3n) is 8.08. The topological polar surface area (TPSA) is 111 Å². The molecule has 5 atom stereocenters. The lowest BCUT2D eigenvalue weighted by Gasteiger charge is -2.39. The molecule has 0 bridgehead atoms. The van der Waals surface area contributed by atoms with E-state index in [2.05, 4.69) is 43.6 Å². The number of aliphatic hydroxyl groups is 2. The van der Waals surface area contributed by atoms with Crippen LogP contribution in [0, 0.1) is 23.0 Å². The van der Waals surface area contributed by atoms with E-state index in [9.17, 15) is 23.5 Å². The number of halogens is 3. The maximum absolute atomic E-state index is 14.8. The van der Waals surface area contributed by atoms with Crippen LogP contribution in [-0.2, 0) is 15.0 Å². The highest BCUT2D eigenvalue weighted by atomic mass is 35.5. The van der Waals surface area contributed by atoms with Gasteiger partial charge in [0, 0.05) is 35.3 Å². The number of fused-ring (bicyclic) bond motifs is 2. The summed E-state index contributed by atoms with van der Waals surface area (Å²) in [5, 5.41) is 28.3. The second-order valence-electron chi connectivity index (χ2n) is 12.2. The van der Waals surface area contributed by atoms with Gasteiger partial charge in [-0.3, -0.25) is 9.59 Å². The van der Waals surface area contributed by atoms with E-state index in [0.717, 1.165) is 18.6 Å². The first-order chi connectivity index (χ1) is 18.8. The summed E-state index contributed by atoms with van der Waals surface area (Å²) in [5.41, 5.74) is -0.639. The molecule has 5 N–H and O–H groups in total. The number of carbonyl (C=O) groups excluding carboxylic acids is 2. The fourth-order valence-corrected chi connectivity index (χ4v) is 7.02. The number of aliphatic hydroxyl groups excluding tert-OH is 2. The fraction of sp³-hybridized carbons (Fsp3) is 0.533. The van der Waals surface area contributed by atoms with Gasteiger partial charge in [-0.05, 0) is 59.9 Å². The van der Waals surface area contributed by atoms with Crippen LogP contribution in [0.4, 0.5) is 14.5 Å². The molecule has 0 saturated carbocycles. The molecule has 2 aromatic carbocycles. The molecule has 40 heavy (non-hydrogen) atoms. The Morgan fingerprint density at radius 3 is 2.55 bits per heavy atom. The Kier molecular flexibility index (Phi) is 8.90. The van der Waals surface area contributed by atoms with Gasteiger partial charge in [-0.25, -0.2) is 8.78 Å². The predicted molar refractivity (Wildman–Crippen MR) is 150 cm³/mol. The van der Waals surface area contributed by atoms with E-state index in [1.807, 2.05) is 0 Å². The van der Waals surface area contributed by atoms with Crippen molar-refractivity contribution in [1.82, 2.24) is 10.6 Å². The van der Waals surface area contributed by atoms with Crippen molar-refractivity contribution in [2.45, 2.75) is 76.5 Å². The maximum atomic E-state index is 14.8. The first kappa shape index (κ1) is 30.4. The van der Waals surface area contributed by atoms with Crippen molar-refractivity contribution in [2.24, 2.45) is 11.3 Å². The minimum absolute atomic E-state index is 0.0974. The SMILES string of the molecule is CC(C)CC(C)(C)C[C@H]1N[C@@H](C(=O)NCC[C@H](O)CO)[C@H](c2cccc(Cl)c2)[C@@]12C(=O)Nc1cc(F)c(F)cc12. The number of amides is 2. The molecule has 218 valence electrons. The smallest absolute Gasteiger partial charge is 0.237 e. The van der Waals surface area contributed by atoms with Gasteiger partial charge in [0.25, 0.3) is 0 Å². The van der Waals surface area contributed by atoms with E-state index >= 15 is 0 Å². The van der Waals surface area contributed by atoms with Gasteiger partial charge >= 0.3 is 0 Å². The lowest BCUT2D eigenvalue weighted by atomic mass is 9.62. The third kappa shape index (κ3) is 5.75. The summed E-state index contributed by atoms with van der Waals surface area (Å²) in [6.45, 7) is 8.08. The Labute approximate surface area is 238 Å². The van der Waals surface area contributed by atoms with Crippen LogP contribution in [-0.4, -0.2) is 53.4 Å². The molecule has 2 heterocycles. The number of nitrogens with one attached hydrogen (secondary N) is 3. The molecular formula is C30H38ClF2N3O4. The Morgan fingerprint density at radius 1 is 1.20 bits per heavy atom. The number of hydrogen-bond donors (Lipinski definition) is 5. The molecule has 2 aromatic rings. The Balaban J connectivity index is 1.89. The van der Waals surface area contributed by atoms with Gasteiger partial charge in [-0.1, -0.05) is 51.4 Å². The molecule has 1 fully saturated rings. The molecule has 7 nitrogen and oxygen atoms in total. The Bertz CT molecular complexity index is 1270. The molecule has 0 radical (unpaired) electrons. The number of carbonyl (C=O) groups is 2. The van der Waals surface area contributed by atoms with E-state index in [1.165, 1.54) is 0 Å². The van der Waals surface area contributed by atoms with Gasteiger partial charge in [0.05, 0.1) is 18.8 Å². The number of benzene rings is 2. The van der Waals surface area contributed by atoms with Crippen LogP contribution in [0.3, 0.4) is 0 Å². The average Bonchev–Trinajstić information content (AvgIpc) is 3.33. The highest BCUT2D eigenvalue weighted by Crippen LogP contribution is 2.57. The van der Waals surface area contributed by atoms with Gasteiger partial charge in [0.1, 0.15) is 5.41 Å². The minimum Gasteiger partial charge on any atom is -0.394 e. The van der Waals surface area contributed by atoms with Crippen LogP contribution in [0.5, 0.6) is 0 Å². The van der Waals surface area contributed by atoms with Crippen LogP contribution >= 0.6 is 11.6 Å². The van der Waals surface area contributed by atoms with Crippen molar-refractivity contribution in [1.29, 1.82) is 0 Å². The molecule has 0 aliphatic carbocycles. The van der Waals surface area contributed by atoms with E-state index in [1.54, 1.807) is 24.3 Å². The van der Waals surface area contributed by atoms with E-state index < -0.39 is 59.6 Å². The van der Waals surface area contributed by atoms with Crippen molar-refractivity contribution in [2.75, 3.05) is 18.5 Å². The van der Waals surface area contributed by atoms with Gasteiger partial charge in [0.2, 0.25) is 11.8 Å². The minimum atomic E-state index is -1.45. The van der Waals surface area contributed by atoms with Gasteiger partial charge in [-0.2, -0.15) is 0 Å². The van der Waals surface area contributed by atoms with Gasteiger partial charge in [-0.15, -0.1) is 0 Å². The Hall–Kier alpha value is -2.59. The van der Waals surface area contributed by atoms with Crippen LogP contribution < -0.4 is 16.0 Å². The molecule has 0 unspecified atom stereocenters. The first-order valence-corrected chi connectivity index (χ1v) is 14.1. The van der Waals surface area contributed by atoms with Crippen molar-refractivity contribution < 1.29 is 28.6 Å². The van der Waals surface area contributed by atoms with Crippen LogP contribution in [0.25, 0.3) is 0 Å². The summed E-state index contributed by atoms with van der Waals surface area (Å²) in [4.78, 5) is 27.9.